The minimum atomic E-state index is -0.0132. The molecule has 1 saturated carbocycles. The van der Waals surface area contributed by atoms with Crippen molar-refractivity contribution in [2.45, 2.75) is 45.4 Å². The van der Waals surface area contributed by atoms with E-state index < -0.39 is 0 Å². The second-order valence-electron chi connectivity index (χ2n) is 4.40. The van der Waals surface area contributed by atoms with Crippen molar-refractivity contribution in [2.24, 2.45) is 11.3 Å². The third-order valence-electron chi connectivity index (χ3n) is 3.30. The van der Waals surface area contributed by atoms with E-state index >= 15 is 0 Å². The SMILES string of the molecule is C=CCCC1(C#N)CCC(C)CC1. The van der Waals surface area contributed by atoms with E-state index in [0.717, 1.165) is 31.6 Å². The monoisotopic (exact) mass is 177 g/mol. The third kappa shape index (κ3) is 2.59. The minimum absolute atomic E-state index is 0.0132. The Bertz CT molecular complexity index is 204. The van der Waals surface area contributed by atoms with Crippen LogP contribution in [0.1, 0.15) is 45.4 Å². The number of hydrogen-bond acceptors (Lipinski definition) is 1. The molecule has 0 spiro atoms. The fourth-order valence-electron chi connectivity index (χ4n) is 2.11. The van der Waals surface area contributed by atoms with Crippen LogP contribution in [0.3, 0.4) is 0 Å². The van der Waals surface area contributed by atoms with Crippen LogP contribution in [0.2, 0.25) is 0 Å². The van der Waals surface area contributed by atoms with Crippen molar-refractivity contribution in [2.75, 3.05) is 0 Å². The lowest BCUT2D eigenvalue weighted by Crippen LogP contribution is -2.24. The summed E-state index contributed by atoms with van der Waals surface area (Å²) < 4.78 is 0. The first-order valence-electron chi connectivity index (χ1n) is 5.24. The van der Waals surface area contributed by atoms with E-state index in [-0.39, 0.29) is 5.41 Å². The molecule has 0 aromatic rings. The van der Waals surface area contributed by atoms with Crippen molar-refractivity contribution in [1.82, 2.24) is 0 Å². The van der Waals surface area contributed by atoms with E-state index in [1.807, 2.05) is 6.08 Å². The van der Waals surface area contributed by atoms with Gasteiger partial charge in [0.25, 0.3) is 0 Å². The van der Waals surface area contributed by atoms with Gasteiger partial charge in [0.05, 0.1) is 11.5 Å². The van der Waals surface area contributed by atoms with Gasteiger partial charge in [0.2, 0.25) is 0 Å². The highest BCUT2D eigenvalue weighted by Crippen LogP contribution is 2.41. The van der Waals surface area contributed by atoms with Gasteiger partial charge < -0.3 is 0 Å². The maximum absolute atomic E-state index is 9.17. The molecule has 0 saturated heterocycles. The first kappa shape index (κ1) is 10.3. The molecule has 0 heterocycles. The summed E-state index contributed by atoms with van der Waals surface area (Å²) in [6, 6.07) is 2.52. The molecule has 0 aromatic heterocycles. The van der Waals surface area contributed by atoms with Crippen molar-refractivity contribution in [3.63, 3.8) is 0 Å². The van der Waals surface area contributed by atoms with Crippen LogP contribution in [-0.4, -0.2) is 0 Å². The van der Waals surface area contributed by atoms with E-state index in [2.05, 4.69) is 19.6 Å². The van der Waals surface area contributed by atoms with Gasteiger partial charge in [-0.3, -0.25) is 0 Å². The van der Waals surface area contributed by atoms with E-state index in [4.69, 9.17) is 0 Å². The summed E-state index contributed by atoms with van der Waals surface area (Å²) in [7, 11) is 0. The second kappa shape index (κ2) is 4.46. The van der Waals surface area contributed by atoms with Crippen molar-refractivity contribution < 1.29 is 0 Å². The Morgan fingerprint density at radius 2 is 2.15 bits per heavy atom. The zero-order chi connectivity index (χ0) is 9.73. The van der Waals surface area contributed by atoms with Crippen LogP contribution in [0, 0.1) is 22.7 Å². The summed E-state index contributed by atoms with van der Waals surface area (Å²) in [5.41, 5.74) is -0.0132. The van der Waals surface area contributed by atoms with Crippen LogP contribution >= 0.6 is 0 Å². The van der Waals surface area contributed by atoms with Gasteiger partial charge in [-0.15, -0.1) is 6.58 Å². The van der Waals surface area contributed by atoms with Gasteiger partial charge in [-0.2, -0.15) is 5.26 Å². The molecule has 0 aliphatic heterocycles. The molecule has 0 N–H and O–H groups in total. The molecule has 0 bridgehead atoms. The van der Waals surface area contributed by atoms with Crippen molar-refractivity contribution >= 4 is 0 Å². The van der Waals surface area contributed by atoms with Crippen LogP contribution in [0.15, 0.2) is 12.7 Å². The Labute approximate surface area is 81.5 Å². The molecule has 1 heteroatoms. The van der Waals surface area contributed by atoms with Crippen molar-refractivity contribution in [1.29, 1.82) is 5.26 Å². The lowest BCUT2D eigenvalue weighted by molar-refractivity contribution is 0.208. The lowest BCUT2D eigenvalue weighted by Gasteiger charge is -2.33. The van der Waals surface area contributed by atoms with Crippen LogP contribution in [-0.2, 0) is 0 Å². The molecule has 13 heavy (non-hydrogen) atoms. The largest absolute Gasteiger partial charge is 0.198 e. The fraction of sp³-hybridized carbons (Fsp3) is 0.750. The molecule has 1 fully saturated rings. The van der Waals surface area contributed by atoms with E-state index in [9.17, 15) is 5.26 Å². The Kier molecular flexibility index (Phi) is 3.54. The summed E-state index contributed by atoms with van der Waals surface area (Å²) in [4.78, 5) is 0. The topological polar surface area (TPSA) is 23.8 Å². The highest BCUT2D eigenvalue weighted by Gasteiger charge is 2.33. The van der Waals surface area contributed by atoms with Crippen LogP contribution in [0.5, 0.6) is 0 Å². The molecule has 1 rings (SSSR count). The molecule has 0 radical (unpaired) electrons. The molecule has 1 nitrogen and oxygen atoms in total. The van der Waals surface area contributed by atoms with E-state index in [1.165, 1.54) is 12.8 Å². The summed E-state index contributed by atoms with van der Waals surface area (Å²) in [5.74, 6) is 0.824. The van der Waals surface area contributed by atoms with Crippen molar-refractivity contribution in [3.8, 4) is 6.07 Å². The second-order valence-corrected chi connectivity index (χ2v) is 4.40. The molecule has 1 aliphatic rings. The fourth-order valence-corrected chi connectivity index (χ4v) is 2.11. The quantitative estimate of drug-likeness (QED) is 0.603. The van der Waals surface area contributed by atoms with Gasteiger partial charge in [0, 0.05) is 0 Å². The average Bonchev–Trinajstić information content (AvgIpc) is 2.18. The summed E-state index contributed by atoms with van der Waals surface area (Å²) >= 11 is 0. The zero-order valence-electron chi connectivity index (χ0n) is 8.55. The minimum Gasteiger partial charge on any atom is -0.198 e. The summed E-state index contributed by atoms with van der Waals surface area (Å²) in [6.07, 6.45) is 8.57. The summed E-state index contributed by atoms with van der Waals surface area (Å²) in [6.45, 7) is 6.00. The Hall–Kier alpha value is -0.770. The molecule has 72 valence electrons. The summed E-state index contributed by atoms with van der Waals surface area (Å²) in [5, 5.41) is 9.17. The third-order valence-corrected chi connectivity index (χ3v) is 3.30. The Morgan fingerprint density at radius 3 is 2.62 bits per heavy atom. The van der Waals surface area contributed by atoms with E-state index in [0.29, 0.717) is 0 Å². The smallest absolute Gasteiger partial charge is 0.0689 e. The average molecular weight is 177 g/mol. The predicted octanol–water partition coefficient (Wildman–Crippen LogP) is 3.67. The zero-order valence-corrected chi connectivity index (χ0v) is 8.55. The maximum atomic E-state index is 9.17. The first-order valence-corrected chi connectivity index (χ1v) is 5.24. The first-order chi connectivity index (χ1) is 6.22. The Balaban J connectivity index is 2.51. The molecular weight excluding hydrogens is 158 g/mol. The number of allylic oxidation sites excluding steroid dienone is 1. The number of nitrogens with zero attached hydrogens (tertiary/aromatic N) is 1. The molecular formula is C12H19N. The highest BCUT2D eigenvalue weighted by molar-refractivity contribution is 5.01. The van der Waals surface area contributed by atoms with Crippen molar-refractivity contribution in [3.05, 3.63) is 12.7 Å². The molecule has 0 unspecified atom stereocenters. The van der Waals surface area contributed by atoms with Crippen LogP contribution in [0.4, 0.5) is 0 Å². The molecule has 0 amide bonds. The van der Waals surface area contributed by atoms with Gasteiger partial charge in [-0.25, -0.2) is 0 Å². The number of hydrogen-bond donors (Lipinski definition) is 0. The Morgan fingerprint density at radius 1 is 1.54 bits per heavy atom. The normalized spacial score (nSPS) is 33.7. The molecule has 0 aromatic carbocycles. The van der Waals surface area contributed by atoms with Crippen LogP contribution in [0.25, 0.3) is 0 Å². The number of nitriles is 1. The van der Waals surface area contributed by atoms with Gasteiger partial charge >= 0.3 is 0 Å². The van der Waals surface area contributed by atoms with Gasteiger partial charge in [0.1, 0.15) is 0 Å². The molecule has 0 atom stereocenters. The van der Waals surface area contributed by atoms with Gasteiger partial charge in [0.15, 0.2) is 0 Å². The van der Waals surface area contributed by atoms with E-state index in [1.54, 1.807) is 0 Å². The van der Waals surface area contributed by atoms with Gasteiger partial charge in [-0.05, 0) is 44.4 Å². The predicted molar refractivity (Wildman–Crippen MR) is 55.1 cm³/mol. The van der Waals surface area contributed by atoms with Crippen LogP contribution < -0.4 is 0 Å². The lowest BCUT2D eigenvalue weighted by atomic mass is 9.69. The standard InChI is InChI=1S/C12H19N/c1-3-4-7-12(10-13)8-5-11(2)6-9-12/h3,11H,1,4-9H2,2H3. The highest BCUT2D eigenvalue weighted by atomic mass is 14.4. The number of rotatable bonds is 3. The molecule has 1 aliphatic carbocycles. The van der Waals surface area contributed by atoms with Gasteiger partial charge in [-0.1, -0.05) is 13.0 Å². The maximum Gasteiger partial charge on any atom is 0.0689 e.